The molecule has 0 amide bonds. The highest BCUT2D eigenvalue weighted by Gasteiger charge is 1.96. The number of para-hydroxylation sites is 1. The van der Waals surface area contributed by atoms with Gasteiger partial charge in [0.05, 0.1) is 5.69 Å². The Labute approximate surface area is 92.5 Å². The van der Waals surface area contributed by atoms with Crippen LogP contribution in [-0.4, -0.2) is 10.2 Å². The highest BCUT2D eigenvalue weighted by molar-refractivity contribution is 5.50. The summed E-state index contributed by atoms with van der Waals surface area (Å²) < 4.78 is 0. The Morgan fingerprint density at radius 2 is 1.62 bits per heavy atom. The Morgan fingerprint density at radius 3 is 2.38 bits per heavy atom. The predicted molar refractivity (Wildman–Crippen MR) is 60.4 cm³/mol. The van der Waals surface area contributed by atoms with Crippen LogP contribution in [0.2, 0.25) is 0 Å². The number of phenols is 2. The number of hydrogen-bond acceptors (Lipinski definition) is 4. The van der Waals surface area contributed by atoms with Gasteiger partial charge in [0, 0.05) is 6.07 Å². The first kappa shape index (κ1) is 10.2. The van der Waals surface area contributed by atoms with Gasteiger partial charge in [-0.25, -0.2) is 0 Å². The van der Waals surface area contributed by atoms with Gasteiger partial charge >= 0.3 is 0 Å². The van der Waals surface area contributed by atoms with Crippen molar-refractivity contribution in [2.45, 2.75) is 0 Å². The largest absolute Gasteiger partial charge is 0.508 e. The SMILES string of the molecule is Oc1cccc(/N=N/c2ccccc2O)c1. The van der Waals surface area contributed by atoms with Gasteiger partial charge in [-0.05, 0) is 24.3 Å². The van der Waals surface area contributed by atoms with Crippen LogP contribution in [-0.2, 0) is 0 Å². The van der Waals surface area contributed by atoms with Gasteiger partial charge in [-0.15, -0.1) is 5.11 Å². The van der Waals surface area contributed by atoms with E-state index in [0.29, 0.717) is 11.4 Å². The van der Waals surface area contributed by atoms with Gasteiger partial charge in [-0.3, -0.25) is 0 Å². The molecule has 4 nitrogen and oxygen atoms in total. The van der Waals surface area contributed by atoms with Crippen molar-refractivity contribution in [3.05, 3.63) is 48.5 Å². The highest BCUT2D eigenvalue weighted by atomic mass is 16.3. The molecule has 0 heterocycles. The summed E-state index contributed by atoms with van der Waals surface area (Å²) in [5.41, 5.74) is 0.925. The van der Waals surface area contributed by atoms with E-state index in [-0.39, 0.29) is 11.5 Å². The highest BCUT2D eigenvalue weighted by Crippen LogP contribution is 2.27. The summed E-state index contributed by atoms with van der Waals surface area (Å²) in [6.45, 7) is 0. The maximum Gasteiger partial charge on any atom is 0.143 e. The topological polar surface area (TPSA) is 65.2 Å². The third-order valence-corrected chi connectivity index (χ3v) is 1.98. The van der Waals surface area contributed by atoms with Crippen LogP contribution in [0.15, 0.2) is 58.8 Å². The van der Waals surface area contributed by atoms with Crippen LogP contribution in [0, 0.1) is 0 Å². The van der Waals surface area contributed by atoms with E-state index < -0.39 is 0 Å². The summed E-state index contributed by atoms with van der Waals surface area (Å²) in [4.78, 5) is 0. The van der Waals surface area contributed by atoms with E-state index in [0.717, 1.165) is 0 Å². The van der Waals surface area contributed by atoms with Gasteiger partial charge in [-0.2, -0.15) is 5.11 Å². The van der Waals surface area contributed by atoms with Gasteiger partial charge in [0.25, 0.3) is 0 Å². The van der Waals surface area contributed by atoms with Crippen LogP contribution in [0.3, 0.4) is 0 Å². The van der Waals surface area contributed by atoms with Crippen LogP contribution < -0.4 is 0 Å². The fourth-order valence-corrected chi connectivity index (χ4v) is 1.22. The Morgan fingerprint density at radius 1 is 0.812 bits per heavy atom. The number of azo groups is 1. The van der Waals surface area contributed by atoms with Crippen molar-refractivity contribution in [2.24, 2.45) is 10.2 Å². The Kier molecular flexibility index (Phi) is 2.82. The van der Waals surface area contributed by atoms with Crippen molar-refractivity contribution in [1.82, 2.24) is 0 Å². The molecule has 2 N–H and O–H groups in total. The lowest BCUT2D eigenvalue weighted by Gasteiger charge is -1.96. The van der Waals surface area contributed by atoms with Crippen molar-refractivity contribution in [2.75, 3.05) is 0 Å². The fraction of sp³-hybridized carbons (Fsp3) is 0. The number of nitrogens with zero attached hydrogens (tertiary/aromatic N) is 2. The van der Waals surface area contributed by atoms with Crippen LogP contribution in [0.1, 0.15) is 0 Å². The van der Waals surface area contributed by atoms with Crippen LogP contribution in [0.5, 0.6) is 11.5 Å². The van der Waals surface area contributed by atoms with Gasteiger partial charge in [0.2, 0.25) is 0 Å². The minimum Gasteiger partial charge on any atom is -0.508 e. The van der Waals surface area contributed by atoms with Crippen molar-refractivity contribution in [3.63, 3.8) is 0 Å². The zero-order valence-corrected chi connectivity index (χ0v) is 8.41. The maximum atomic E-state index is 9.44. The summed E-state index contributed by atoms with van der Waals surface area (Å²) in [6, 6.07) is 13.1. The molecule has 0 bridgehead atoms. The fourth-order valence-electron chi connectivity index (χ4n) is 1.22. The molecular formula is C12H10N2O2. The number of benzene rings is 2. The normalized spacial score (nSPS) is 10.8. The van der Waals surface area contributed by atoms with Gasteiger partial charge < -0.3 is 10.2 Å². The Hall–Kier alpha value is -2.36. The number of phenolic OH excluding ortho intramolecular Hbond substituents is 2. The van der Waals surface area contributed by atoms with E-state index in [4.69, 9.17) is 0 Å². The average Bonchev–Trinajstić information content (AvgIpc) is 2.28. The molecule has 2 aromatic carbocycles. The molecule has 0 fully saturated rings. The van der Waals surface area contributed by atoms with Crippen molar-refractivity contribution in [1.29, 1.82) is 0 Å². The van der Waals surface area contributed by atoms with Crippen molar-refractivity contribution in [3.8, 4) is 11.5 Å². The Balaban J connectivity index is 2.25. The number of rotatable bonds is 2. The van der Waals surface area contributed by atoms with Crippen LogP contribution in [0.25, 0.3) is 0 Å². The summed E-state index contributed by atoms with van der Waals surface area (Å²) in [6.07, 6.45) is 0. The van der Waals surface area contributed by atoms with E-state index >= 15 is 0 Å². The monoisotopic (exact) mass is 214 g/mol. The second-order valence-corrected chi connectivity index (χ2v) is 3.21. The standard InChI is InChI=1S/C12H10N2O2/c15-10-5-3-4-9(8-10)13-14-11-6-1-2-7-12(11)16/h1-8,15-16H/b14-13+. The lowest BCUT2D eigenvalue weighted by Crippen LogP contribution is -1.67. The molecule has 0 spiro atoms. The molecule has 0 atom stereocenters. The van der Waals surface area contributed by atoms with Crippen LogP contribution in [0.4, 0.5) is 11.4 Å². The van der Waals surface area contributed by atoms with Gasteiger partial charge in [0.15, 0.2) is 0 Å². The first-order valence-electron chi connectivity index (χ1n) is 4.74. The quantitative estimate of drug-likeness (QED) is 0.751. The van der Waals surface area contributed by atoms with E-state index in [1.165, 1.54) is 12.1 Å². The van der Waals surface area contributed by atoms with Crippen LogP contribution >= 0.6 is 0 Å². The smallest absolute Gasteiger partial charge is 0.143 e. The minimum atomic E-state index is 0.0754. The van der Waals surface area contributed by atoms with E-state index in [9.17, 15) is 10.2 Å². The van der Waals surface area contributed by atoms with Crippen molar-refractivity contribution < 1.29 is 10.2 Å². The molecule has 0 aliphatic rings. The summed E-state index contributed by atoms with van der Waals surface area (Å²) in [7, 11) is 0. The second-order valence-electron chi connectivity index (χ2n) is 3.21. The number of hydrogen-bond donors (Lipinski definition) is 2. The maximum absolute atomic E-state index is 9.44. The third-order valence-electron chi connectivity index (χ3n) is 1.98. The number of aromatic hydroxyl groups is 2. The van der Waals surface area contributed by atoms with E-state index in [1.807, 2.05) is 0 Å². The third kappa shape index (κ3) is 2.36. The molecule has 0 aromatic heterocycles. The van der Waals surface area contributed by atoms with Crippen molar-refractivity contribution >= 4 is 11.4 Å². The molecule has 2 rings (SSSR count). The summed E-state index contributed by atoms with van der Waals surface area (Å²) >= 11 is 0. The average molecular weight is 214 g/mol. The second kappa shape index (κ2) is 4.44. The molecule has 0 aliphatic heterocycles. The zero-order valence-electron chi connectivity index (χ0n) is 8.41. The molecule has 0 saturated heterocycles. The van der Waals surface area contributed by atoms with E-state index in [2.05, 4.69) is 10.2 Å². The van der Waals surface area contributed by atoms with E-state index in [1.54, 1.807) is 36.4 Å². The van der Waals surface area contributed by atoms with Gasteiger partial charge in [0.1, 0.15) is 17.2 Å². The lowest BCUT2D eigenvalue weighted by atomic mass is 10.3. The molecule has 80 valence electrons. The molecule has 4 heteroatoms. The summed E-state index contributed by atoms with van der Waals surface area (Å²) in [5, 5.41) is 26.4. The molecule has 0 radical (unpaired) electrons. The zero-order chi connectivity index (χ0) is 11.4. The summed E-state index contributed by atoms with van der Waals surface area (Å²) in [5.74, 6) is 0.208. The lowest BCUT2D eigenvalue weighted by molar-refractivity contribution is 0.475. The molecule has 2 aromatic rings. The molecule has 0 saturated carbocycles. The first-order valence-corrected chi connectivity index (χ1v) is 4.74. The molecule has 16 heavy (non-hydrogen) atoms. The predicted octanol–water partition coefficient (Wildman–Crippen LogP) is 3.51. The molecule has 0 aliphatic carbocycles. The Bertz CT molecular complexity index is 524. The van der Waals surface area contributed by atoms with Gasteiger partial charge in [-0.1, -0.05) is 18.2 Å². The minimum absolute atomic E-state index is 0.0754. The molecular weight excluding hydrogens is 204 g/mol. The molecule has 0 unspecified atom stereocenters. The first-order chi connectivity index (χ1) is 7.75.